The molecule has 1 heterocycles. The fourth-order valence-electron chi connectivity index (χ4n) is 0.879. The molecule has 0 spiro atoms. The summed E-state index contributed by atoms with van der Waals surface area (Å²) in [4.78, 5) is 0. The lowest BCUT2D eigenvalue weighted by atomic mass is 9.89. The van der Waals surface area contributed by atoms with Crippen molar-refractivity contribution in [3.63, 3.8) is 0 Å². The maximum Gasteiger partial charge on any atom is 0.0906 e. The van der Waals surface area contributed by atoms with Gasteiger partial charge in [-0.05, 0) is 25.3 Å². The molecular weight excluding hydrogens is 84.9 g/mol. The predicted octanol–water partition coefficient (Wildman–Crippen LogP) is 0.255. The average Bonchev–Trinajstić information content (AvgIpc) is 1.69. The van der Waals surface area contributed by atoms with E-state index < -0.39 is 0 Å². The molecule has 0 amide bonds. The van der Waals surface area contributed by atoms with Gasteiger partial charge in [-0.2, -0.15) is 0 Å². The molecule has 1 atom stereocenters. The van der Waals surface area contributed by atoms with E-state index in [4.69, 9.17) is 7.85 Å². The fourth-order valence-corrected chi connectivity index (χ4v) is 0.879. The first-order valence-electron chi connectivity index (χ1n) is 2.88. The summed E-state index contributed by atoms with van der Waals surface area (Å²) in [7, 11) is 5.52. The molecule has 1 unspecified atom stereocenters. The van der Waals surface area contributed by atoms with Gasteiger partial charge in [0.1, 0.15) is 0 Å². The molecular formula is C5H10BN. The van der Waals surface area contributed by atoms with Gasteiger partial charge in [-0.15, -0.1) is 0 Å². The molecule has 0 saturated carbocycles. The fraction of sp³-hybridized carbons (Fsp3) is 1.00. The van der Waals surface area contributed by atoms with E-state index in [1.54, 1.807) is 0 Å². The lowest BCUT2D eigenvalue weighted by Gasteiger charge is -2.18. The predicted molar refractivity (Wildman–Crippen MR) is 31.4 cm³/mol. The second-order valence-electron chi connectivity index (χ2n) is 2.06. The molecule has 0 aromatic rings. The van der Waals surface area contributed by atoms with Crippen LogP contribution in [0.15, 0.2) is 0 Å². The third-order valence-electron chi connectivity index (χ3n) is 1.35. The molecule has 0 aliphatic carbocycles. The topological polar surface area (TPSA) is 12.0 Å². The Morgan fingerprint density at radius 2 is 2.29 bits per heavy atom. The first-order chi connectivity index (χ1) is 3.39. The molecule has 1 rings (SSSR count). The quantitative estimate of drug-likeness (QED) is 0.425. The maximum absolute atomic E-state index is 5.52. The number of piperidine rings is 1. The van der Waals surface area contributed by atoms with Crippen LogP contribution in [-0.4, -0.2) is 20.3 Å². The molecule has 1 aliphatic heterocycles. The Hall–Kier alpha value is 0.0249. The zero-order chi connectivity index (χ0) is 5.11. The van der Waals surface area contributed by atoms with Crippen molar-refractivity contribution in [2.45, 2.75) is 25.2 Å². The van der Waals surface area contributed by atoms with Gasteiger partial charge in [0, 0.05) is 0 Å². The maximum atomic E-state index is 5.52. The van der Waals surface area contributed by atoms with Gasteiger partial charge in [-0.1, -0.05) is 6.42 Å². The number of rotatable bonds is 0. The lowest BCUT2D eigenvalue weighted by Crippen LogP contribution is -2.33. The van der Waals surface area contributed by atoms with Crippen molar-refractivity contribution in [3.05, 3.63) is 0 Å². The summed E-state index contributed by atoms with van der Waals surface area (Å²) in [6.07, 6.45) is 3.75. The molecule has 1 nitrogen and oxygen atoms in total. The molecule has 1 aliphatic rings. The van der Waals surface area contributed by atoms with E-state index in [1.807, 2.05) is 0 Å². The van der Waals surface area contributed by atoms with Crippen molar-refractivity contribution >= 4 is 7.85 Å². The van der Waals surface area contributed by atoms with E-state index in [9.17, 15) is 0 Å². The Balaban J connectivity index is 2.12. The smallest absolute Gasteiger partial charge is 0.0906 e. The van der Waals surface area contributed by atoms with Crippen LogP contribution in [0.3, 0.4) is 0 Å². The Kier molecular flexibility index (Phi) is 1.74. The number of hydrogen-bond acceptors (Lipinski definition) is 1. The van der Waals surface area contributed by atoms with E-state index in [1.165, 1.54) is 12.8 Å². The van der Waals surface area contributed by atoms with Gasteiger partial charge in [0.05, 0.1) is 7.85 Å². The van der Waals surface area contributed by atoms with Gasteiger partial charge >= 0.3 is 0 Å². The largest absolute Gasteiger partial charge is 0.322 e. The average molecular weight is 95.0 g/mol. The Bertz CT molecular complexity index is 50.0. The second kappa shape index (κ2) is 2.36. The highest BCUT2D eigenvalue weighted by molar-refractivity contribution is 6.11. The lowest BCUT2D eigenvalue weighted by molar-refractivity contribution is 0.485. The van der Waals surface area contributed by atoms with Crippen molar-refractivity contribution in [1.82, 2.24) is 5.32 Å². The highest BCUT2D eigenvalue weighted by Gasteiger charge is 2.03. The van der Waals surface area contributed by atoms with Gasteiger partial charge < -0.3 is 5.32 Å². The Morgan fingerprint density at radius 3 is 2.57 bits per heavy atom. The van der Waals surface area contributed by atoms with Crippen molar-refractivity contribution in [2.75, 3.05) is 6.54 Å². The minimum absolute atomic E-state index is 0.286. The van der Waals surface area contributed by atoms with Gasteiger partial charge in [0.15, 0.2) is 0 Å². The molecule has 1 fully saturated rings. The summed E-state index contributed by atoms with van der Waals surface area (Å²) in [5.41, 5.74) is 0. The highest BCUT2D eigenvalue weighted by Crippen LogP contribution is 2.02. The molecule has 0 aromatic heterocycles. The zero-order valence-electron chi connectivity index (χ0n) is 4.48. The van der Waals surface area contributed by atoms with E-state index in [-0.39, 0.29) is 5.94 Å². The van der Waals surface area contributed by atoms with Crippen LogP contribution in [0.25, 0.3) is 0 Å². The second-order valence-corrected chi connectivity index (χ2v) is 2.06. The van der Waals surface area contributed by atoms with Crippen LogP contribution in [0.5, 0.6) is 0 Å². The number of nitrogens with one attached hydrogen (secondary N) is 1. The van der Waals surface area contributed by atoms with Crippen LogP contribution in [0, 0.1) is 0 Å². The first-order valence-corrected chi connectivity index (χ1v) is 2.88. The SMILES string of the molecule is [B]C1CCCCN1. The van der Waals surface area contributed by atoms with E-state index in [0.717, 1.165) is 13.0 Å². The van der Waals surface area contributed by atoms with Crippen molar-refractivity contribution < 1.29 is 0 Å². The molecule has 7 heavy (non-hydrogen) atoms. The van der Waals surface area contributed by atoms with E-state index >= 15 is 0 Å². The molecule has 0 aromatic carbocycles. The summed E-state index contributed by atoms with van der Waals surface area (Å²) in [5, 5.41) is 3.16. The van der Waals surface area contributed by atoms with Crippen LogP contribution < -0.4 is 5.32 Å². The minimum Gasteiger partial charge on any atom is -0.322 e. The normalized spacial score (nSPS) is 32.9. The third kappa shape index (κ3) is 1.52. The van der Waals surface area contributed by atoms with Crippen molar-refractivity contribution in [2.24, 2.45) is 0 Å². The molecule has 1 N–H and O–H groups in total. The Morgan fingerprint density at radius 1 is 1.43 bits per heavy atom. The Labute approximate surface area is 45.9 Å². The van der Waals surface area contributed by atoms with Gasteiger partial charge in [0.25, 0.3) is 0 Å². The van der Waals surface area contributed by atoms with Crippen LogP contribution in [0.2, 0.25) is 0 Å². The van der Waals surface area contributed by atoms with Crippen LogP contribution >= 0.6 is 0 Å². The van der Waals surface area contributed by atoms with Crippen LogP contribution in [0.4, 0.5) is 0 Å². The standard InChI is InChI=1S/C5H10BN/c6-5-3-1-2-4-7-5/h5,7H,1-4H2. The monoisotopic (exact) mass is 95.1 g/mol. The molecule has 38 valence electrons. The summed E-state index contributed by atoms with van der Waals surface area (Å²) in [5.74, 6) is 0.286. The van der Waals surface area contributed by atoms with Gasteiger partial charge in [0.2, 0.25) is 0 Å². The molecule has 1 saturated heterocycles. The zero-order valence-corrected chi connectivity index (χ0v) is 4.48. The van der Waals surface area contributed by atoms with Crippen molar-refractivity contribution in [1.29, 1.82) is 0 Å². The van der Waals surface area contributed by atoms with Gasteiger partial charge in [-0.25, -0.2) is 0 Å². The van der Waals surface area contributed by atoms with Crippen LogP contribution in [0.1, 0.15) is 19.3 Å². The van der Waals surface area contributed by atoms with Crippen LogP contribution in [-0.2, 0) is 0 Å². The summed E-state index contributed by atoms with van der Waals surface area (Å²) in [6, 6.07) is 0. The number of hydrogen-bond donors (Lipinski definition) is 1. The van der Waals surface area contributed by atoms with E-state index in [0.29, 0.717) is 0 Å². The molecule has 2 radical (unpaired) electrons. The van der Waals surface area contributed by atoms with Gasteiger partial charge in [-0.3, -0.25) is 0 Å². The summed E-state index contributed by atoms with van der Waals surface area (Å²) >= 11 is 0. The van der Waals surface area contributed by atoms with Crippen molar-refractivity contribution in [3.8, 4) is 0 Å². The van der Waals surface area contributed by atoms with E-state index in [2.05, 4.69) is 5.32 Å². The third-order valence-corrected chi connectivity index (χ3v) is 1.35. The summed E-state index contributed by atoms with van der Waals surface area (Å²) in [6.45, 7) is 1.11. The molecule has 0 bridgehead atoms. The first kappa shape index (κ1) is 5.17. The highest BCUT2D eigenvalue weighted by atomic mass is 14.9. The summed E-state index contributed by atoms with van der Waals surface area (Å²) < 4.78 is 0. The molecule has 2 heteroatoms. The minimum atomic E-state index is 0.286.